The monoisotopic (exact) mass is 272 g/mol. The molecule has 0 bridgehead atoms. The molecule has 0 spiro atoms. The van der Waals surface area contributed by atoms with Crippen LogP contribution < -0.4 is 11.1 Å². The van der Waals surface area contributed by atoms with Gasteiger partial charge in [0.2, 0.25) is 5.91 Å². The van der Waals surface area contributed by atoms with E-state index in [4.69, 9.17) is 5.73 Å². The molecule has 0 aliphatic heterocycles. The van der Waals surface area contributed by atoms with Crippen LogP contribution in [0, 0.1) is 5.92 Å². The van der Waals surface area contributed by atoms with Crippen molar-refractivity contribution in [2.45, 2.75) is 31.5 Å². The first-order valence-corrected chi connectivity index (χ1v) is 6.12. The van der Waals surface area contributed by atoms with Crippen LogP contribution in [0.3, 0.4) is 0 Å². The lowest BCUT2D eigenvalue weighted by Gasteiger charge is -2.18. The maximum atomic E-state index is 12.8. The molecule has 2 rings (SSSR count). The largest absolute Gasteiger partial charge is 0.418 e. The lowest BCUT2D eigenvalue weighted by atomic mass is 10.0. The first-order valence-electron chi connectivity index (χ1n) is 6.12. The van der Waals surface area contributed by atoms with E-state index in [1.54, 1.807) is 0 Å². The molecule has 104 valence electrons. The second-order valence-corrected chi connectivity index (χ2v) is 4.73. The van der Waals surface area contributed by atoms with E-state index in [9.17, 15) is 18.0 Å². The van der Waals surface area contributed by atoms with Crippen molar-refractivity contribution in [3.05, 3.63) is 29.8 Å². The molecule has 1 amide bonds. The van der Waals surface area contributed by atoms with Crippen molar-refractivity contribution in [3.63, 3.8) is 0 Å². The Kier molecular flexibility index (Phi) is 3.80. The van der Waals surface area contributed by atoms with Gasteiger partial charge >= 0.3 is 6.18 Å². The molecule has 1 aliphatic carbocycles. The number of carbonyl (C=O) groups is 1. The Labute approximate surface area is 109 Å². The zero-order valence-corrected chi connectivity index (χ0v) is 10.2. The Morgan fingerprint density at radius 1 is 1.26 bits per heavy atom. The molecule has 0 heterocycles. The molecule has 2 atom stereocenters. The van der Waals surface area contributed by atoms with E-state index in [0.717, 1.165) is 18.9 Å². The summed E-state index contributed by atoms with van der Waals surface area (Å²) in [4.78, 5) is 11.9. The Morgan fingerprint density at radius 2 is 1.95 bits per heavy atom. The Hall–Kier alpha value is -1.56. The van der Waals surface area contributed by atoms with Gasteiger partial charge in [-0.25, -0.2) is 0 Å². The van der Waals surface area contributed by atoms with Crippen LogP contribution in [0.4, 0.5) is 18.9 Å². The van der Waals surface area contributed by atoms with E-state index in [2.05, 4.69) is 5.32 Å². The minimum absolute atomic E-state index is 0.209. The van der Waals surface area contributed by atoms with Crippen molar-refractivity contribution in [1.29, 1.82) is 0 Å². The average molecular weight is 272 g/mol. The molecule has 0 radical (unpaired) electrons. The molecule has 1 fully saturated rings. The molecular formula is C13H15F3N2O. The molecule has 0 saturated heterocycles. The Balaban J connectivity index is 2.17. The number of halogens is 3. The average Bonchev–Trinajstić information content (AvgIpc) is 2.75. The number of benzene rings is 1. The Morgan fingerprint density at radius 3 is 2.53 bits per heavy atom. The molecule has 1 aromatic rings. The first kappa shape index (κ1) is 13.9. The molecule has 2 unspecified atom stereocenters. The molecule has 1 aromatic carbocycles. The predicted molar refractivity (Wildman–Crippen MR) is 65.4 cm³/mol. The van der Waals surface area contributed by atoms with Gasteiger partial charge in [-0.2, -0.15) is 13.2 Å². The second-order valence-electron chi connectivity index (χ2n) is 4.73. The summed E-state index contributed by atoms with van der Waals surface area (Å²) in [7, 11) is 0. The van der Waals surface area contributed by atoms with Crippen molar-refractivity contribution in [2.24, 2.45) is 11.7 Å². The van der Waals surface area contributed by atoms with E-state index in [0.29, 0.717) is 6.42 Å². The fourth-order valence-corrected chi connectivity index (χ4v) is 2.38. The third-order valence-corrected chi connectivity index (χ3v) is 3.40. The van der Waals surface area contributed by atoms with Crippen LogP contribution in [0.5, 0.6) is 0 Å². The normalized spacial score (nSPS) is 23.4. The molecular weight excluding hydrogens is 257 g/mol. The summed E-state index contributed by atoms with van der Waals surface area (Å²) >= 11 is 0. The van der Waals surface area contributed by atoms with Gasteiger partial charge in [-0.1, -0.05) is 18.6 Å². The number of hydrogen-bond donors (Lipinski definition) is 2. The van der Waals surface area contributed by atoms with Gasteiger partial charge in [0.05, 0.1) is 17.2 Å². The van der Waals surface area contributed by atoms with Gasteiger partial charge in [-0.05, 0) is 25.0 Å². The van der Waals surface area contributed by atoms with Crippen LogP contribution >= 0.6 is 0 Å². The standard InChI is InChI=1S/C13H15F3N2O/c14-13(15,16)9-5-1-2-7-11(9)18-12(19)8-4-3-6-10(8)17/h1-2,5,7-8,10H,3-4,6,17H2,(H,18,19). The van der Waals surface area contributed by atoms with Gasteiger partial charge in [0.1, 0.15) is 0 Å². The summed E-state index contributed by atoms with van der Waals surface area (Å²) in [6.07, 6.45) is -2.29. The molecule has 6 heteroatoms. The van der Waals surface area contributed by atoms with Crippen molar-refractivity contribution >= 4 is 11.6 Å². The molecule has 19 heavy (non-hydrogen) atoms. The highest BCUT2D eigenvalue weighted by Crippen LogP contribution is 2.35. The third-order valence-electron chi connectivity index (χ3n) is 3.40. The maximum Gasteiger partial charge on any atom is 0.418 e. The van der Waals surface area contributed by atoms with Crippen molar-refractivity contribution in [2.75, 3.05) is 5.32 Å². The minimum atomic E-state index is -4.48. The number of alkyl halides is 3. The van der Waals surface area contributed by atoms with Crippen LogP contribution in [0.15, 0.2) is 24.3 Å². The second kappa shape index (κ2) is 5.21. The number of nitrogens with one attached hydrogen (secondary N) is 1. The molecule has 1 aliphatic rings. The highest BCUT2D eigenvalue weighted by molar-refractivity contribution is 5.94. The van der Waals surface area contributed by atoms with Crippen LogP contribution in [-0.2, 0) is 11.0 Å². The number of hydrogen-bond acceptors (Lipinski definition) is 2. The summed E-state index contributed by atoms with van der Waals surface area (Å²) in [6, 6.07) is 4.68. The number of rotatable bonds is 2. The fourth-order valence-electron chi connectivity index (χ4n) is 2.38. The van der Waals surface area contributed by atoms with Crippen LogP contribution in [-0.4, -0.2) is 11.9 Å². The highest BCUT2D eigenvalue weighted by Gasteiger charge is 2.35. The highest BCUT2D eigenvalue weighted by atomic mass is 19.4. The summed E-state index contributed by atoms with van der Waals surface area (Å²) < 4.78 is 38.3. The van der Waals surface area contributed by atoms with Crippen molar-refractivity contribution in [1.82, 2.24) is 0 Å². The van der Waals surface area contributed by atoms with E-state index < -0.39 is 23.6 Å². The first-order chi connectivity index (χ1) is 8.89. The van der Waals surface area contributed by atoms with Crippen molar-refractivity contribution < 1.29 is 18.0 Å². The van der Waals surface area contributed by atoms with Crippen molar-refractivity contribution in [3.8, 4) is 0 Å². The van der Waals surface area contributed by atoms with Gasteiger partial charge in [0.25, 0.3) is 0 Å². The maximum absolute atomic E-state index is 12.8. The van der Waals surface area contributed by atoms with Crippen LogP contribution in [0.25, 0.3) is 0 Å². The van der Waals surface area contributed by atoms with Crippen LogP contribution in [0.2, 0.25) is 0 Å². The van der Waals surface area contributed by atoms with Crippen LogP contribution in [0.1, 0.15) is 24.8 Å². The van der Waals surface area contributed by atoms with Gasteiger partial charge in [0.15, 0.2) is 0 Å². The lowest BCUT2D eigenvalue weighted by molar-refractivity contribution is -0.137. The number of amides is 1. The SMILES string of the molecule is NC1CCCC1C(=O)Nc1ccccc1C(F)(F)F. The lowest BCUT2D eigenvalue weighted by Crippen LogP contribution is -2.34. The molecule has 3 N–H and O–H groups in total. The Bertz CT molecular complexity index is 473. The van der Waals surface area contributed by atoms with Gasteiger partial charge < -0.3 is 11.1 Å². The molecule has 1 saturated carbocycles. The van der Waals surface area contributed by atoms with Gasteiger partial charge in [-0.3, -0.25) is 4.79 Å². The van der Waals surface area contributed by atoms with E-state index in [1.165, 1.54) is 18.2 Å². The quantitative estimate of drug-likeness (QED) is 0.869. The predicted octanol–water partition coefficient (Wildman–Crippen LogP) is 2.77. The number of para-hydroxylation sites is 1. The smallest absolute Gasteiger partial charge is 0.327 e. The number of carbonyl (C=O) groups excluding carboxylic acids is 1. The van der Waals surface area contributed by atoms with Gasteiger partial charge in [0, 0.05) is 6.04 Å². The fraction of sp³-hybridized carbons (Fsp3) is 0.462. The van der Waals surface area contributed by atoms with Gasteiger partial charge in [-0.15, -0.1) is 0 Å². The molecule has 3 nitrogen and oxygen atoms in total. The minimum Gasteiger partial charge on any atom is -0.327 e. The third kappa shape index (κ3) is 3.07. The topological polar surface area (TPSA) is 55.1 Å². The number of anilines is 1. The van der Waals surface area contributed by atoms with E-state index in [-0.39, 0.29) is 11.7 Å². The summed E-state index contributed by atoms with van der Waals surface area (Å²) in [5, 5.41) is 2.35. The summed E-state index contributed by atoms with van der Waals surface area (Å²) in [5.74, 6) is -0.831. The zero-order chi connectivity index (χ0) is 14.0. The summed E-state index contributed by atoms with van der Waals surface area (Å²) in [5.41, 5.74) is 4.73. The summed E-state index contributed by atoms with van der Waals surface area (Å²) in [6.45, 7) is 0. The van der Waals surface area contributed by atoms with E-state index >= 15 is 0 Å². The molecule has 0 aromatic heterocycles. The van der Waals surface area contributed by atoms with E-state index in [1.807, 2.05) is 0 Å². The number of nitrogens with two attached hydrogens (primary N) is 1. The zero-order valence-electron chi connectivity index (χ0n) is 10.2.